The second kappa shape index (κ2) is 8.48. The van der Waals surface area contributed by atoms with Crippen LogP contribution in [0.5, 0.6) is 0 Å². The highest BCUT2D eigenvalue weighted by Gasteiger charge is 2.25. The summed E-state index contributed by atoms with van der Waals surface area (Å²) < 4.78 is 18.3. The quantitative estimate of drug-likeness (QED) is 0.893. The van der Waals surface area contributed by atoms with Crippen molar-refractivity contribution in [2.24, 2.45) is 0 Å². The molecule has 0 radical (unpaired) electrons. The van der Waals surface area contributed by atoms with E-state index in [0.717, 1.165) is 0 Å². The van der Waals surface area contributed by atoms with Crippen LogP contribution in [0.1, 0.15) is 17.3 Å². The number of aromatic nitrogens is 1. The summed E-state index contributed by atoms with van der Waals surface area (Å²) in [6.45, 7) is 3.83. The number of carbonyl (C=O) groups excluding carboxylic acids is 2. The molecule has 0 aliphatic carbocycles. The van der Waals surface area contributed by atoms with E-state index in [1.54, 1.807) is 41.0 Å². The maximum Gasteiger partial charge on any atom is 0.409 e. The normalized spacial score (nSPS) is 14.0. The summed E-state index contributed by atoms with van der Waals surface area (Å²) in [6, 6.07) is 9.28. The molecule has 0 spiro atoms. The van der Waals surface area contributed by atoms with Gasteiger partial charge in [-0.2, -0.15) is 0 Å². The summed E-state index contributed by atoms with van der Waals surface area (Å²) in [5, 5.41) is 2.99. The number of anilines is 2. The Morgan fingerprint density at radius 1 is 1.15 bits per heavy atom. The minimum atomic E-state index is -0.355. The molecular formula is C19H21FN4O3. The van der Waals surface area contributed by atoms with Crippen LogP contribution in [-0.4, -0.2) is 59.6 Å². The monoisotopic (exact) mass is 372 g/mol. The van der Waals surface area contributed by atoms with E-state index in [0.29, 0.717) is 49.9 Å². The van der Waals surface area contributed by atoms with Crippen molar-refractivity contribution in [3.05, 3.63) is 54.0 Å². The second-order valence-corrected chi connectivity index (χ2v) is 6.04. The molecule has 0 saturated carbocycles. The van der Waals surface area contributed by atoms with E-state index in [4.69, 9.17) is 4.74 Å². The van der Waals surface area contributed by atoms with Gasteiger partial charge in [-0.1, -0.05) is 6.07 Å². The van der Waals surface area contributed by atoms with Gasteiger partial charge in [0.2, 0.25) is 0 Å². The van der Waals surface area contributed by atoms with Crippen LogP contribution in [0.25, 0.3) is 0 Å². The molecule has 7 nitrogen and oxygen atoms in total. The van der Waals surface area contributed by atoms with Crippen molar-refractivity contribution in [3.63, 3.8) is 0 Å². The Labute approximate surface area is 156 Å². The Hall–Kier alpha value is -3.16. The van der Waals surface area contributed by atoms with Crippen LogP contribution >= 0.6 is 0 Å². The molecule has 0 unspecified atom stereocenters. The summed E-state index contributed by atoms with van der Waals surface area (Å²) >= 11 is 0. The first-order chi connectivity index (χ1) is 13.1. The minimum absolute atomic E-state index is 0.136. The lowest BCUT2D eigenvalue weighted by Crippen LogP contribution is -2.50. The molecule has 27 heavy (non-hydrogen) atoms. The van der Waals surface area contributed by atoms with Crippen molar-refractivity contribution >= 4 is 23.5 Å². The number of rotatable bonds is 4. The van der Waals surface area contributed by atoms with E-state index < -0.39 is 0 Å². The Kier molecular flexibility index (Phi) is 5.85. The van der Waals surface area contributed by atoms with Crippen LogP contribution in [-0.2, 0) is 4.74 Å². The Balaban J connectivity index is 1.63. The largest absolute Gasteiger partial charge is 0.450 e. The molecule has 8 heteroatoms. The average Bonchev–Trinajstić information content (AvgIpc) is 2.68. The van der Waals surface area contributed by atoms with Crippen LogP contribution < -0.4 is 5.32 Å². The van der Waals surface area contributed by atoms with Crippen molar-refractivity contribution in [1.82, 2.24) is 14.8 Å². The SMILES string of the molecule is CCOC(=O)N1CCN(C(=O)c2ccnc(Nc3cccc(F)c3)c2)CC1. The van der Waals surface area contributed by atoms with Gasteiger partial charge in [-0.3, -0.25) is 4.79 Å². The van der Waals surface area contributed by atoms with Crippen molar-refractivity contribution in [3.8, 4) is 0 Å². The standard InChI is InChI=1S/C19H21FN4O3/c1-2-27-19(26)24-10-8-23(9-11-24)18(25)14-6-7-21-17(12-14)22-16-5-3-4-15(20)13-16/h3-7,12-13H,2,8-11H2,1H3,(H,21,22). The van der Waals surface area contributed by atoms with Gasteiger partial charge in [-0.05, 0) is 37.3 Å². The van der Waals surface area contributed by atoms with Crippen molar-refractivity contribution in [2.75, 3.05) is 38.1 Å². The molecular weight excluding hydrogens is 351 g/mol. The molecule has 2 heterocycles. The number of ether oxygens (including phenoxy) is 1. The van der Waals surface area contributed by atoms with Crippen molar-refractivity contribution in [2.45, 2.75) is 6.92 Å². The fourth-order valence-electron chi connectivity index (χ4n) is 2.84. The average molecular weight is 372 g/mol. The third-order valence-corrected chi connectivity index (χ3v) is 4.20. The number of carbonyl (C=O) groups is 2. The first-order valence-corrected chi connectivity index (χ1v) is 8.76. The number of pyridine rings is 1. The zero-order valence-electron chi connectivity index (χ0n) is 15.0. The number of amides is 2. The van der Waals surface area contributed by atoms with Gasteiger partial charge < -0.3 is 19.9 Å². The maximum atomic E-state index is 13.3. The predicted octanol–water partition coefficient (Wildman–Crippen LogP) is 2.88. The number of hydrogen-bond acceptors (Lipinski definition) is 5. The van der Waals surface area contributed by atoms with Gasteiger partial charge >= 0.3 is 6.09 Å². The number of benzene rings is 1. The summed E-state index contributed by atoms with van der Waals surface area (Å²) in [7, 11) is 0. The van der Waals surface area contributed by atoms with E-state index in [-0.39, 0.29) is 17.8 Å². The molecule has 1 N–H and O–H groups in total. The third-order valence-electron chi connectivity index (χ3n) is 4.20. The molecule has 2 aromatic rings. The van der Waals surface area contributed by atoms with E-state index >= 15 is 0 Å². The molecule has 2 amide bonds. The number of nitrogens with zero attached hydrogens (tertiary/aromatic N) is 3. The van der Waals surface area contributed by atoms with Crippen molar-refractivity contribution in [1.29, 1.82) is 0 Å². The van der Waals surface area contributed by atoms with Gasteiger partial charge in [-0.15, -0.1) is 0 Å². The number of hydrogen-bond donors (Lipinski definition) is 1. The van der Waals surface area contributed by atoms with Gasteiger partial charge in [0.05, 0.1) is 6.61 Å². The fourth-order valence-corrected chi connectivity index (χ4v) is 2.84. The predicted molar refractivity (Wildman–Crippen MR) is 98.4 cm³/mol. The second-order valence-electron chi connectivity index (χ2n) is 6.04. The number of halogens is 1. The van der Waals surface area contributed by atoms with Gasteiger partial charge in [0.15, 0.2) is 0 Å². The smallest absolute Gasteiger partial charge is 0.409 e. The zero-order valence-corrected chi connectivity index (χ0v) is 15.0. The highest BCUT2D eigenvalue weighted by Crippen LogP contribution is 2.18. The van der Waals surface area contributed by atoms with Gasteiger partial charge in [0.1, 0.15) is 11.6 Å². The molecule has 0 atom stereocenters. The van der Waals surface area contributed by atoms with Crippen LogP contribution in [0.4, 0.5) is 20.7 Å². The molecule has 1 aliphatic rings. The fraction of sp³-hybridized carbons (Fsp3) is 0.316. The Morgan fingerprint density at radius 2 is 1.89 bits per heavy atom. The molecule has 142 valence electrons. The summed E-state index contributed by atoms with van der Waals surface area (Å²) in [5.41, 5.74) is 1.03. The molecule has 3 rings (SSSR count). The molecule has 1 aromatic heterocycles. The minimum Gasteiger partial charge on any atom is -0.450 e. The Morgan fingerprint density at radius 3 is 2.59 bits per heavy atom. The van der Waals surface area contributed by atoms with E-state index in [2.05, 4.69) is 10.3 Å². The molecule has 1 fully saturated rings. The van der Waals surface area contributed by atoms with Crippen molar-refractivity contribution < 1.29 is 18.7 Å². The van der Waals surface area contributed by atoms with Crippen LogP contribution in [0, 0.1) is 5.82 Å². The van der Waals surface area contributed by atoms with E-state index in [9.17, 15) is 14.0 Å². The molecule has 0 bridgehead atoms. The highest BCUT2D eigenvalue weighted by atomic mass is 19.1. The van der Waals surface area contributed by atoms with Gasteiger partial charge in [0, 0.05) is 43.6 Å². The lowest BCUT2D eigenvalue weighted by molar-refractivity contribution is 0.0570. The van der Waals surface area contributed by atoms with E-state index in [1.807, 2.05) is 0 Å². The number of nitrogens with one attached hydrogen (secondary N) is 1. The first kappa shape index (κ1) is 18.6. The van der Waals surface area contributed by atoms with Crippen LogP contribution in [0.2, 0.25) is 0 Å². The highest BCUT2D eigenvalue weighted by molar-refractivity contribution is 5.95. The lowest BCUT2D eigenvalue weighted by atomic mass is 10.2. The topological polar surface area (TPSA) is 74.8 Å². The summed E-state index contributed by atoms with van der Waals surface area (Å²) in [6.07, 6.45) is 1.18. The van der Waals surface area contributed by atoms with E-state index in [1.165, 1.54) is 18.3 Å². The van der Waals surface area contributed by atoms with Gasteiger partial charge in [-0.25, -0.2) is 14.2 Å². The van der Waals surface area contributed by atoms with Crippen LogP contribution in [0.15, 0.2) is 42.6 Å². The summed E-state index contributed by atoms with van der Waals surface area (Å²) in [5.74, 6) is -0.0356. The lowest BCUT2D eigenvalue weighted by Gasteiger charge is -2.34. The first-order valence-electron chi connectivity index (χ1n) is 8.76. The third kappa shape index (κ3) is 4.72. The number of piperazine rings is 1. The molecule has 1 aromatic carbocycles. The van der Waals surface area contributed by atoms with Crippen LogP contribution in [0.3, 0.4) is 0 Å². The maximum absolute atomic E-state index is 13.3. The molecule has 1 aliphatic heterocycles. The van der Waals surface area contributed by atoms with Gasteiger partial charge in [0.25, 0.3) is 5.91 Å². The molecule has 1 saturated heterocycles. The summed E-state index contributed by atoms with van der Waals surface area (Å²) in [4.78, 5) is 31.9. The Bertz CT molecular complexity index is 822. The zero-order chi connectivity index (χ0) is 19.2.